The molecule has 2 aliphatic carbocycles. The number of carbonyl (C=O) groups is 2. The molecule has 2 aromatic rings. The predicted octanol–water partition coefficient (Wildman–Crippen LogP) is 8.52. The molecule has 1 saturated carbocycles. The first-order valence-electron chi connectivity index (χ1n) is 21.1. The maximum Gasteiger partial charge on any atom is 0.412 e. The Bertz CT molecular complexity index is 1720. The van der Waals surface area contributed by atoms with E-state index in [0.717, 1.165) is 42.4 Å². The fourth-order valence-corrected chi connectivity index (χ4v) is 8.74. The van der Waals surface area contributed by atoms with E-state index in [1.807, 2.05) is 77.1 Å². The monoisotopic (exact) mass is 803 g/mol. The van der Waals surface area contributed by atoms with Gasteiger partial charge in [0.2, 0.25) is 5.79 Å². The second-order valence-electron chi connectivity index (χ2n) is 16.7. The number of allylic oxidation sites excluding steroid dienone is 1. The summed E-state index contributed by atoms with van der Waals surface area (Å²) in [4.78, 5) is 35.0. The minimum Gasteiger partial charge on any atom is -0.459 e. The number of benzene rings is 2. The molecule has 1 aliphatic heterocycles. The zero-order valence-electron chi connectivity index (χ0n) is 35.1. The normalized spacial score (nSPS) is 24.1. The lowest BCUT2D eigenvalue weighted by molar-refractivity contribution is -0.255. The Kier molecular flexibility index (Phi) is 16.2. The Morgan fingerprint density at radius 2 is 1.79 bits per heavy atom. The third kappa shape index (κ3) is 10.8. The molecule has 0 aromatic heterocycles. The van der Waals surface area contributed by atoms with Crippen molar-refractivity contribution in [2.75, 3.05) is 39.6 Å². The summed E-state index contributed by atoms with van der Waals surface area (Å²) >= 11 is 0. The van der Waals surface area contributed by atoms with E-state index in [0.29, 0.717) is 56.2 Å². The average Bonchev–Trinajstić information content (AvgIpc) is 3.21. The summed E-state index contributed by atoms with van der Waals surface area (Å²) in [5.74, 6) is -1.12. The van der Waals surface area contributed by atoms with E-state index in [9.17, 15) is 19.8 Å². The summed E-state index contributed by atoms with van der Waals surface area (Å²) < 4.78 is 26.2. The Balaban J connectivity index is 1.69. The van der Waals surface area contributed by atoms with E-state index >= 15 is 0 Å². The van der Waals surface area contributed by atoms with Gasteiger partial charge in [-0.1, -0.05) is 88.2 Å². The minimum atomic E-state index is -1.40. The lowest BCUT2D eigenvalue weighted by atomic mass is 9.55. The van der Waals surface area contributed by atoms with Gasteiger partial charge in [0, 0.05) is 44.2 Å². The van der Waals surface area contributed by atoms with Crippen LogP contribution in [-0.4, -0.2) is 84.4 Å². The molecule has 0 spiro atoms. The first-order valence-corrected chi connectivity index (χ1v) is 21.1. The Morgan fingerprint density at radius 3 is 2.47 bits per heavy atom. The van der Waals surface area contributed by atoms with Crippen LogP contribution in [0.5, 0.6) is 11.5 Å². The van der Waals surface area contributed by atoms with E-state index in [1.165, 1.54) is 0 Å². The molecule has 12 nitrogen and oxygen atoms in total. The number of oxime groups is 1. The summed E-state index contributed by atoms with van der Waals surface area (Å²) in [6, 6.07) is 14.4. The zero-order valence-corrected chi connectivity index (χ0v) is 35.1. The SMILES string of the molecule is C=CCOC12Oc3ccc(OC(=O)NCc4ccccc4)cc3C3C(CCCCO)C(CCCCO)C=C(C(=NOCC)CC1N(CCC)C(=O)OCC(C)(C)C)C32. The maximum absolute atomic E-state index is 14.3. The van der Waals surface area contributed by atoms with Crippen molar-refractivity contribution in [2.24, 2.45) is 28.3 Å². The molecule has 5 rings (SSSR count). The lowest BCUT2D eigenvalue weighted by Gasteiger charge is -2.60. The van der Waals surface area contributed by atoms with E-state index in [-0.39, 0.29) is 56.0 Å². The highest BCUT2D eigenvalue weighted by molar-refractivity contribution is 6.03. The van der Waals surface area contributed by atoms with Crippen molar-refractivity contribution < 1.29 is 43.6 Å². The highest BCUT2D eigenvalue weighted by Gasteiger charge is 2.65. The van der Waals surface area contributed by atoms with Gasteiger partial charge < -0.3 is 39.3 Å². The van der Waals surface area contributed by atoms with Gasteiger partial charge in [0.15, 0.2) is 0 Å². The van der Waals surface area contributed by atoms with Gasteiger partial charge in [0.1, 0.15) is 24.1 Å². The summed E-state index contributed by atoms with van der Waals surface area (Å²) in [7, 11) is 0. The van der Waals surface area contributed by atoms with Crippen LogP contribution in [-0.2, 0) is 20.9 Å². The van der Waals surface area contributed by atoms with Crippen LogP contribution in [0.15, 0.2) is 78.0 Å². The number of fused-ring (bicyclic) bond motifs is 2. The quantitative estimate of drug-likeness (QED) is 0.0681. The number of nitrogens with zero attached hydrogens (tertiary/aromatic N) is 2. The van der Waals surface area contributed by atoms with Gasteiger partial charge in [-0.05, 0) is 85.6 Å². The zero-order chi connectivity index (χ0) is 41.7. The first-order chi connectivity index (χ1) is 28.0. The molecule has 318 valence electrons. The predicted molar refractivity (Wildman–Crippen MR) is 224 cm³/mol. The fraction of sp³-hybridized carbons (Fsp3) is 0.587. The Labute approximate surface area is 344 Å². The van der Waals surface area contributed by atoms with Crippen LogP contribution in [0.1, 0.15) is 103 Å². The van der Waals surface area contributed by atoms with Gasteiger partial charge in [0.25, 0.3) is 0 Å². The van der Waals surface area contributed by atoms with Crippen LogP contribution in [0.4, 0.5) is 9.59 Å². The van der Waals surface area contributed by atoms with Crippen LogP contribution >= 0.6 is 0 Å². The standard InChI is InChI=1S/C46H65N3O9/c1-7-23-49(44(53)54-31-45(4,5)6)40-29-38(48-56-9-3)36-27-33(19-13-15-24-50)35(20-14-16-25-51)41-37-28-34(57-43(52)47-30-32-17-11-10-12-18-32)21-22-39(37)58-46(40,42(36)41)55-26-8-2/h8,10-12,17-18,21-22,27-28,33,35,40-42,50-51H,2,7,9,13-16,19-20,23-26,29-31H2,1,3-6H3,(H,47,52). The number of unbranched alkanes of at least 4 members (excludes halogenated alkanes) is 2. The maximum atomic E-state index is 14.3. The topological polar surface area (TPSA) is 148 Å². The molecule has 1 heterocycles. The van der Waals surface area contributed by atoms with Gasteiger partial charge in [-0.2, -0.15) is 0 Å². The van der Waals surface area contributed by atoms with Crippen molar-refractivity contribution in [1.29, 1.82) is 0 Å². The average molecular weight is 804 g/mol. The minimum absolute atomic E-state index is 0.0232. The van der Waals surface area contributed by atoms with Crippen LogP contribution < -0.4 is 14.8 Å². The second-order valence-corrected chi connectivity index (χ2v) is 16.7. The molecule has 2 aromatic carbocycles. The molecule has 3 aliphatic rings. The number of aliphatic hydroxyl groups excluding tert-OH is 2. The van der Waals surface area contributed by atoms with Crippen molar-refractivity contribution in [3.63, 3.8) is 0 Å². The third-order valence-electron chi connectivity index (χ3n) is 11.1. The van der Waals surface area contributed by atoms with E-state index in [2.05, 4.69) is 18.0 Å². The highest BCUT2D eigenvalue weighted by atomic mass is 16.7. The molecule has 0 radical (unpaired) electrons. The van der Waals surface area contributed by atoms with Gasteiger partial charge in [-0.25, -0.2) is 9.59 Å². The molecule has 2 amide bonds. The van der Waals surface area contributed by atoms with Gasteiger partial charge in [-0.15, -0.1) is 6.58 Å². The Hall–Kier alpha value is -4.39. The van der Waals surface area contributed by atoms with Crippen molar-refractivity contribution in [3.05, 3.63) is 84.0 Å². The summed E-state index contributed by atoms with van der Waals surface area (Å²) in [6.07, 6.45) is 8.41. The van der Waals surface area contributed by atoms with Crippen molar-refractivity contribution in [2.45, 2.75) is 110 Å². The molecule has 3 N–H and O–H groups in total. The molecule has 58 heavy (non-hydrogen) atoms. The van der Waals surface area contributed by atoms with Gasteiger partial charge in [-0.3, -0.25) is 4.90 Å². The number of nitrogens with one attached hydrogen (secondary N) is 1. The molecule has 0 saturated heterocycles. The second kappa shape index (κ2) is 21.0. The van der Waals surface area contributed by atoms with Gasteiger partial charge >= 0.3 is 12.2 Å². The van der Waals surface area contributed by atoms with Gasteiger partial charge in [0.05, 0.1) is 24.8 Å². The van der Waals surface area contributed by atoms with Crippen LogP contribution in [0, 0.1) is 23.2 Å². The number of amides is 2. The van der Waals surface area contributed by atoms with Crippen molar-refractivity contribution >= 4 is 17.9 Å². The summed E-state index contributed by atoms with van der Waals surface area (Å²) in [5.41, 5.74) is 3.20. The molecule has 6 atom stereocenters. The van der Waals surface area contributed by atoms with E-state index in [1.54, 1.807) is 17.0 Å². The van der Waals surface area contributed by atoms with Crippen LogP contribution in [0.2, 0.25) is 0 Å². The highest BCUT2D eigenvalue weighted by Crippen LogP contribution is 2.62. The number of hydrogen-bond acceptors (Lipinski definition) is 10. The fourth-order valence-electron chi connectivity index (χ4n) is 8.74. The number of rotatable bonds is 20. The number of carbonyl (C=O) groups excluding carboxylic acids is 2. The molecule has 0 bridgehead atoms. The Morgan fingerprint density at radius 1 is 1.05 bits per heavy atom. The first kappa shape index (κ1) is 44.7. The van der Waals surface area contributed by atoms with Crippen LogP contribution in [0.25, 0.3) is 0 Å². The van der Waals surface area contributed by atoms with Crippen molar-refractivity contribution in [3.8, 4) is 11.5 Å². The number of aliphatic hydroxyl groups is 2. The van der Waals surface area contributed by atoms with E-state index < -0.39 is 29.9 Å². The molecule has 6 unspecified atom stereocenters. The summed E-state index contributed by atoms with van der Waals surface area (Å²) in [5, 5.41) is 27.3. The van der Waals surface area contributed by atoms with Crippen molar-refractivity contribution in [1.82, 2.24) is 10.2 Å². The molecule has 12 heteroatoms. The molecular weight excluding hydrogens is 739 g/mol. The number of ether oxygens (including phenoxy) is 4. The molecule has 1 fully saturated rings. The van der Waals surface area contributed by atoms with Crippen LogP contribution in [0.3, 0.4) is 0 Å². The smallest absolute Gasteiger partial charge is 0.412 e. The lowest BCUT2D eigenvalue weighted by Crippen LogP contribution is -2.70. The largest absolute Gasteiger partial charge is 0.459 e. The third-order valence-corrected chi connectivity index (χ3v) is 11.1. The molecular formula is C46H65N3O9. The number of hydrogen-bond donors (Lipinski definition) is 3. The summed E-state index contributed by atoms with van der Waals surface area (Å²) in [6.45, 7) is 15.6. The van der Waals surface area contributed by atoms with E-state index in [4.69, 9.17) is 28.9 Å².